The fourth-order valence-electron chi connectivity index (χ4n) is 3.38. The molecule has 0 atom stereocenters. The normalized spacial score (nSPS) is 13.8. The van der Waals surface area contributed by atoms with Crippen molar-refractivity contribution in [2.45, 2.75) is 25.3 Å². The monoisotopic (exact) mass is 441 g/mol. The van der Waals surface area contributed by atoms with E-state index in [1.165, 1.54) is 6.20 Å². The fourth-order valence-corrected chi connectivity index (χ4v) is 3.38. The van der Waals surface area contributed by atoms with Crippen molar-refractivity contribution in [3.63, 3.8) is 0 Å². The van der Waals surface area contributed by atoms with Crippen molar-refractivity contribution < 1.29 is 13.2 Å². The summed E-state index contributed by atoms with van der Waals surface area (Å²) < 4.78 is 40.7. The van der Waals surface area contributed by atoms with E-state index in [2.05, 4.69) is 20.3 Å². The number of hydrogen-bond acceptors (Lipinski definition) is 6. The van der Waals surface area contributed by atoms with Gasteiger partial charge in [-0.1, -0.05) is 0 Å². The highest BCUT2D eigenvalue weighted by atomic mass is 19.2. The third-order valence-corrected chi connectivity index (χ3v) is 5.03. The smallest absolute Gasteiger partial charge is 0.217 e. The first-order valence-corrected chi connectivity index (χ1v) is 10.0. The summed E-state index contributed by atoms with van der Waals surface area (Å²) in [6.07, 6.45) is 7.16. The molecule has 0 aromatic carbocycles. The number of anilines is 3. The lowest BCUT2D eigenvalue weighted by molar-refractivity contribution is 0.483. The quantitative estimate of drug-likeness (QED) is 0.341. The molecule has 0 bridgehead atoms. The van der Waals surface area contributed by atoms with Crippen LogP contribution in [-0.2, 0) is 6.54 Å². The zero-order valence-corrected chi connectivity index (χ0v) is 17.6. The molecule has 0 radical (unpaired) electrons. The van der Waals surface area contributed by atoms with Crippen molar-refractivity contribution in [3.05, 3.63) is 71.1 Å². The van der Waals surface area contributed by atoms with E-state index in [1.807, 2.05) is 25.2 Å². The van der Waals surface area contributed by atoms with Gasteiger partial charge in [0.2, 0.25) is 11.8 Å². The Morgan fingerprint density at radius 3 is 2.72 bits per heavy atom. The maximum absolute atomic E-state index is 13.9. The molecule has 4 rings (SSSR count). The molecule has 1 aliphatic carbocycles. The molecule has 32 heavy (non-hydrogen) atoms. The number of nitrogen functional groups attached to an aromatic ring is 1. The third kappa shape index (κ3) is 4.63. The second-order valence-electron chi connectivity index (χ2n) is 7.77. The molecule has 1 fully saturated rings. The van der Waals surface area contributed by atoms with Crippen LogP contribution in [0.4, 0.5) is 30.5 Å². The van der Waals surface area contributed by atoms with Crippen LogP contribution in [0.5, 0.6) is 0 Å². The molecule has 0 unspecified atom stereocenters. The van der Waals surface area contributed by atoms with Crippen LogP contribution < -0.4 is 11.1 Å². The molecule has 0 amide bonds. The Hall–Kier alpha value is -3.69. The van der Waals surface area contributed by atoms with Crippen LogP contribution in [0.1, 0.15) is 35.4 Å². The molecule has 3 aromatic rings. The molecule has 1 aliphatic rings. The highest BCUT2D eigenvalue weighted by Crippen LogP contribution is 2.42. The Morgan fingerprint density at radius 2 is 2.00 bits per heavy atom. The molecule has 0 aliphatic heterocycles. The third-order valence-electron chi connectivity index (χ3n) is 5.03. The summed E-state index contributed by atoms with van der Waals surface area (Å²) >= 11 is 0. The number of amidine groups is 1. The van der Waals surface area contributed by atoms with E-state index in [-0.39, 0.29) is 12.4 Å². The van der Waals surface area contributed by atoms with Crippen molar-refractivity contribution in [3.8, 4) is 0 Å². The number of nitrogens with one attached hydrogen (secondary N) is 1. The largest absolute Gasteiger partial charge is 0.397 e. The topological polar surface area (TPSA) is 92.3 Å². The minimum atomic E-state index is -1.34. The molecule has 10 heteroatoms. The average molecular weight is 441 g/mol. The number of aliphatic imine (C=N–C) groups is 1. The van der Waals surface area contributed by atoms with E-state index in [1.54, 1.807) is 18.3 Å². The zero-order valence-electron chi connectivity index (χ0n) is 17.6. The van der Waals surface area contributed by atoms with E-state index >= 15 is 0 Å². The van der Waals surface area contributed by atoms with E-state index in [0.717, 1.165) is 35.4 Å². The summed E-state index contributed by atoms with van der Waals surface area (Å²) in [7, 11) is 3.78. The summed E-state index contributed by atoms with van der Waals surface area (Å²) in [4.78, 5) is 18.3. The Bertz CT molecular complexity index is 1180. The number of hydrogen-bond donors (Lipinski definition) is 2. The highest BCUT2D eigenvalue weighted by Gasteiger charge is 2.29. The van der Waals surface area contributed by atoms with Crippen molar-refractivity contribution in [2.75, 3.05) is 25.1 Å². The number of rotatable bonds is 6. The Morgan fingerprint density at radius 1 is 1.22 bits per heavy atom. The van der Waals surface area contributed by atoms with Crippen molar-refractivity contribution in [2.24, 2.45) is 4.99 Å². The number of nitrogens with two attached hydrogens (primary N) is 1. The number of aromatic nitrogens is 3. The van der Waals surface area contributed by atoms with Gasteiger partial charge >= 0.3 is 0 Å². The molecule has 1 saturated carbocycles. The lowest BCUT2D eigenvalue weighted by Gasteiger charge is -2.20. The SMILES string of the molecule is CN(C)/C(=N/Cc1ccnc(Nc2nc(F)cc(F)c2F)c1)c1c(N)cncc1C1CC1. The number of pyridine rings is 3. The standard InChI is InChI=1S/C22H22F3N7/c1-32(2)22(19-14(13-3-4-13)10-27-11-16(19)26)29-9-12-5-6-28-18(7-12)31-21-20(25)15(23)8-17(24)30-21/h5-8,10-11,13H,3-4,9,26H2,1-2H3,(H,28,30,31)/b29-22+. The Kier molecular flexibility index (Phi) is 5.93. The van der Waals surface area contributed by atoms with Gasteiger partial charge in [-0.15, -0.1) is 0 Å². The zero-order chi connectivity index (χ0) is 22.8. The Labute approximate surface area is 183 Å². The minimum Gasteiger partial charge on any atom is -0.397 e. The van der Waals surface area contributed by atoms with Crippen LogP contribution >= 0.6 is 0 Å². The summed E-state index contributed by atoms with van der Waals surface area (Å²) in [6, 6.07) is 3.73. The van der Waals surface area contributed by atoms with Gasteiger partial charge in [0.1, 0.15) is 11.7 Å². The Balaban J connectivity index is 1.61. The minimum absolute atomic E-state index is 0.183. The maximum atomic E-state index is 13.9. The first-order chi connectivity index (χ1) is 15.3. The van der Waals surface area contributed by atoms with E-state index in [0.29, 0.717) is 17.7 Å². The second-order valence-corrected chi connectivity index (χ2v) is 7.77. The lowest BCUT2D eigenvalue weighted by Crippen LogP contribution is -2.26. The number of nitrogens with zero attached hydrogens (tertiary/aromatic N) is 5. The van der Waals surface area contributed by atoms with Crippen LogP contribution in [0.25, 0.3) is 0 Å². The van der Waals surface area contributed by atoms with Crippen molar-refractivity contribution in [1.82, 2.24) is 19.9 Å². The molecule has 0 spiro atoms. The van der Waals surface area contributed by atoms with Gasteiger partial charge in [-0.2, -0.15) is 13.8 Å². The summed E-state index contributed by atoms with van der Waals surface area (Å²) in [5, 5.41) is 2.51. The molecule has 3 heterocycles. The maximum Gasteiger partial charge on any atom is 0.217 e. The molecule has 3 N–H and O–H groups in total. The predicted octanol–water partition coefficient (Wildman–Crippen LogP) is 4.00. The van der Waals surface area contributed by atoms with Crippen molar-refractivity contribution in [1.29, 1.82) is 0 Å². The second kappa shape index (κ2) is 8.81. The van der Waals surface area contributed by atoms with Gasteiger partial charge in [0, 0.05) is 38.1 Å². The number of halogens is 3. The van der Waals surface area contributed by atoms with Crippen molar-refractivity contribution >= 4 is 23.2 Å². The first-order valence-electron chi connectivity index (χ1n) is 10.0. The van der Waals surface area contributed by atoms with Gasteiger partial charge in [0.15, 0.2) is 11.6 Å². The van der Waals surface area contributed by atoms with Crippen LogP contribution in [-0.4, -0.2) is 39.8 Å². The van der Waals surface area contributed by atoms with Gasteiger partial charge in [-0.05, 0) is 42.0 Å². The fraction of sp³-hybridized carbons (Fsp3) is 0.273. The summed E-state index contributed by atoms with van der Waals surface area (Å²) in [5.41, 5.74) is 9.53. The highest BCUT2D eigenvalue weighted by molar-refractivity contribution is 6.04. The van der Waals surface area contributed by atoms with Gasteiger partial charge in [-0.3, -0.25) is 9.98 Å². The van der Waals surface area contributed by atoms with Crippen LogP contribution in [0.15, 0.2) is 41.8 Å². The molecular formula is C22H22F3N7. The predicted molar refractivity (Wildman–Crippen MR) is 116 cm³/mol. The van der Waals surface area contributed by atoms with Crippen LogP contribution in [0.2, 0.25) is 0 Å². The molecular weight excluding hydrogens is 419 g/mol. The summed E-state index contributed by atoms with van der Waals surface area (Å²) in [6.45, 7) is 0.282. The molecule has 0 saturated heterocycles. The van der Waals surface area contributed by atoms with E-state index in [9.17, 15) is 13.2 Å². The van der Waals surface area contributed by atoms with Gasteiger partial charge in [-0.25, -0.2) is 9.37 Å². The van der Waals surface area contributed by atoms with Gasteiger partial charge in [0.05, 0.1) is 18.4 Å². The molecule has 7 nitrogen and oxygen atoms in total. The van der Waals surface area contributed by atoms with Crippen LogP contribution in [0, 0.1) is 17.6 Å². The molecule has 166 valence electrons. The van der Waals surface area contributed by atoms with E-state index < -0.39 is 23.4 Å². The summed E-state index contributed by atoms with van der Waals surface area (Å²) in [5.74, 6) is -2.99. The van der Waals surface area contributed by atoms with Gasteiger partial charge < -0.3 is 16.0 Å². The van der Waals surface area contributed by atoms with Gasteiger partial charge in [0.25, 0.3) is 0 Å². The van der Waals surface area contributed by atoms with Crippen LogP contribution in [0.3, 0.4) is 0 Å². The average Bonchev–Trinajstić information content (AvgIpc) is 3.58. The molecule has 3 aromatic heterocycles. The van der Waals surface area contributed by atoms with E-state index in [4.69, 9.17) is 10.7 Å². The lowest BCUT2D eigenvalue weighted by atomic mass is 10.0. The first kappa shape index (κ1) is 21.5.